The van der Waals surface area contributed by atoms with Crippen LogP contribution in [0.4, 0.5) is 5.00 Å². The lowest BCUT2D eigenvalue weighted by atomic mass is 10.0. The predicted molar refractivity (Wildman–Crippen MR) is 95.7 cm³/mol. The van der Waals surface area contributed by atoms with Crippen molar-refractivity contribution in [1.82, 2.24) is 10.2 Å². The molecule has 0 bridgehead atoms. The summed E-state index contributed by atoms with van der Waals surface area (Å²) < 4.78 is 0. The zero-order valence-corrected chi connectivity index (χ0v) is 14.7. The van der Waals surface area contributed by atoms with Gasteiger partial charge in [-0.2, -0.15) is 0 Å². The summed E-state index contributed by atoms with van der Waals surface area (Å²) in [6.45, 7) is 3.32. The Morgan fingerprint density at radius 3 is 2.91 bits per heavy atom. The number of nitro groups is 1. The molecule has 0 spiro atoms. The van der Waals surface area contributed by atoms with Crippen molar-refractivity contribution in [3.05, 3.63) is 62.0 Å². The molecule has 8 heteroatoms. The van der Waals surface area contributed by atoms with Gasteiger partial charge in [0.15, 0.2) is 0 Å². The fourth-order valence-corrected chi connectivity index (χ4v) is 3.75. The van der Waals surface area contributed by atoms with Gasteiger partial charge >= 0.3 is 5.00 Å². The molecule has 1 aliphatic heterocycles. The van der Waals surface area contributed by atoms with E-state index < -0.39 is 0 Å². The summed E-state index contributed by atoms with van der Waals surface area (Å²) in [4.78, 5) is 12.8. The summed E-state index contributed by atoms with van der Waals surface area (Å²) in [6.07, 6.45) is 0. The van der Waals surface area contributed by atoms with Crippen LogP contribution in [0.2, 0.25) is 5.02 Å². The molecule has 1 N–H and O–H groups in total. The third kappa shape index (κ3) is 4.22. The largest absolute Gasteiger partial charge is 0.324 e. The van der Waals surface area contributed by atoms with Gasteiger partial charge in [-0.25, -0.2) is 0 Å². The van der Waals surface area contributed by atoms with Crippen molar-refractivity contribution in [2.75, 3.05) is 19.6 Å². The molecule has 2 heterocycles. The third-order valence-electron chi connectivity index (χ3n) is 3.82. The van der Waals surface area contributed by atoms with Crippen LogP contribution in [0.15, 0.2) is 35.7 Å². The fourth-order valence-electron chi connectivity index (χ4n) is 2.76. The van der Waals surface area contributed by atoms with Crippen LogP contribution in [-0.4, -0.2) is 29.5 Å². The number of rotatable bonds is 4. The number of halogens is 2. The first-order valence-corrected chi connectivity index (χ1v) is 8.32. The van der Waals surface area contributed by atoms with Crippen LogP contribution in [0.25, 0.3) is 0 Å². The van der Waals surface area contributed by atoms with Gasteiger partial charge in [-0.1, -0.05) is 41.1 Å². The molecule has 0 amide bonds. The number of hydrogen-bond donors (Lipinski definition) is 1. The van der Waals surface area contributed by atoms with E-state index in [2.05, 4.69) is 10.2 Å². The Hall–Kier alpha value is -1.18. The van der Waals surface area contributed by atoms with E-state index in [4.69, 9.17) is 11.6 Å². The van der Waals surface area contributed by atoms with E-state index >= 15 is 0 Å². The standard InChI is InChI=1S/C15H16ClN3O2S.ClH/c16-13-4-2-1-3-12(13)14-8-17-5-6-18(14)9-11-7-15(19(20)21)22-10-11;/h1-4,7,10,14,17H,5-6,8-9H2;1H. The molecule has 1 saturated heterocycles. The quantitative estimate of drug-likeness (QED) is 0.652. The average molecular weight is 374 g/mol. The first-order valence-electron chi connectivity index (χ1n) is 7.06. The maximum atomic E-state index is 10.8. The van der Waals surface area contributed by atoms with Crippen molar-refractivity contribution in [3.63, 3.8) is 0 Å². The Labute approximate surface area is 149 Å². The van der Waals surface area contributed by atoms with Crippen LogP contribution in [-0.2, 0) is 6.54 Å². The van der Waals surface area contributed by atoms with Gasteiger partial charge in [0.1, 0.15) is 0 Å². The Balaban J connectivity index is 0.00000192. The first-order chi connectivity index (χ1) is 10.6. The zero-order chi connectivity index (χ0) is 15.5. The topological polar surface area (TPSA) is 58.4 Å². The Kier molecular flexibility index (Phi) is 6.38. The van der Waals surface area contributed by atoms with E-state index in [0.29, 0.717) is 6.54 Å². The number of nitrogens with one attached hydrogen (secondary N) is 1. The second-order valence-corrected chi connectivity index (χ2v) is 6.56. The van der Waals surface area contributed by atoms with Crippen molar-refractivity contribution in [3.8, 4) is 0 Å². The Morgan fingerprint density at radius 1 is 1.43 bits per heavy atom. The van der Waals surface area contributed by atoms with Crippen LogP contribution in [0.3, 0.4) is 0 Å². The Bertz CT molecular complexity index is 680. The molecular weight excluding hydrogens is 357 g/mol. The van der Waals surface area contributed by atoms with Gasteiger partial charge in [-0.3, -0.25) is 15.0 Å². The maximum Gasteiger partial charge on any atom is 0.324 e. The molecule has 1 aromatic heterocycles. The molecule has 1 fully saturated rings. The molecule has 1 aliphatic rings. The normalized spacial score (nSPS) is 18.4. The molecule has 0 aliphatic carbocycles. The number of hydrogen-bond acceptors (Lipinski definition) is 5. The van der Waals surface area contributed by atoms with Crippen molar-refractivity contribution in [2.24, 2.45) is 0 Å². The highest BCUT2D eigenvalue weighted by atomic mass is 35.5. The number of benzene rings is 1. The molecule has 124 valence electrons. The smallest absolute Gasteiger partial charge is 0.314 e. The summed E-state index contributed by atoms with van der Waals surface area (Å²) in [5.41, 5.74) is 2.08. The monoisotopic (exact) mass is 373 g/mol. The van der Waals surface area contributed by atoms with Gasteiger partial charge in [-0.05, 0) is 17.2 Å². The van der Waals surface area contributed by atoms with Gasteiger partial charge in [0.25, 0.3) is 0 Å². The molecular formula is C15H17Cl2N3O2S. The minimum Gasteiger partial charge on any atom is -0.314 e. The summed E-state index contributed by atoms with van der Waals surface area (Å²) in [5, 5.41) is 17.0. The molecule has 23 heavy (non-hydrogen) atoms. The predicted octanol–water partition coefficient (Wildman–Crippen LogP) is 3.88. The van der Waals surface area contributed by atoms with Crippen LogP contribution < -0.4 is 5.32 Å². The Morgan fingerprint density at radius 2 is 2.22 bits per heavy atom. The minimum atomic E-state index is -0.336. The van der Waals surface area contributed by atoms with E-state index in [9.17, 15) is 10.1 Å². The highest BCUT2D eigenvalue weighted by molar-refractivity contribution is 7.13. The highest BCUT2D eigenvalue weighted by Gasteiger charge is 2.26. The SMILES string of the molecule is Cl.O=[N+]([O-])c1cc(CN2CCNCC2c2ccccc2Cl)cs1. The first kappa shape index (κ1) is 18.2. The maximum absolute atomic E-state index is 10.8. The molecule has 1 atom stereocenters. The lowest BCUT2D eigenvalue weighted by Gasteiger charge is -2.36. The highest BCUT2D eigenvalue weighted by Crippen LogP contribution is 2.31. The number of piperazine rings is 1. The van der Waals surface area contributed by atoms with Crippen molar-refractivity contribution in [2.45, 2.75) is 12.6 Å². The summed E-state index contributed by atoms with van der Waals surface area (Å²) in [5.74, 6) is 0. The molecule has 0 radical (unpaired) electrons. The summed E-state index contributed by atoms with van der Waals surface area (Å²) >= 11 is 7.51. The molecule has 2 aromatic rings. The minimum absolute atomic E-state index is 0. The number of nitrogens with zero attached hydrogens (tertiary/aromatic N) is 2. The van der Waals surface area contributed by atoms with Gasteiger partial charge in [-0.15, -0.1) is 12.4 Å². The van der Waals surface area contributed by atoms with E-state index in [0.717, 1.165) is 35.8 Å². The fraction of sp³-hybridized carbons (Fsp3) is 0.333. The molecule has 0 saturated carbocycles. The van der Waals surface area contributed by atoms with Crippen molar-refractivity contribution < 1.29 is 4.92 Å². The van der Waals surface area contributed by atoms with Crippen LogP contribution >= 0.6 is 35.3 Å². The van der Waals surface area contributed by atoms with E-state index in [1.807, 2.05) is 29.6 Å². The van der Waals surface area contributed by atoms with Crippen LogP contribution in [0.5, 0.6) is 0 Å². The van der Waals surface area contributed by atoms with Gasteiger partial charge < -0.3 is 5.32 Å². The van der Waals surface area contributed by atoms with E-state index in [-0.39, 0.29) is 28.4 Å². The van der Waals surface area contributed by atoms with E-state index in [1.165, 1.54) is 11.3 Å². The molecule has 1 unspecified atom stereocenters. The number of thiophene rings is 1. The van der Waals surface area contributed by atoms with Gasteiger partial charge in [0.2, 0.25) is 0 Å². The second kappa shape index (κ2) is 8.08. The zero-order valence-electron chi connectivity index (χ0n) is 12.3. The van der Waals surface area contributed by atoms with Gasteiger partial charge in [0.05, 0.1) is 4.92 Å². The molecule has 1 aromatic carbocycles. The summed E-state index contributed by atoms with van der Waals surface area (Å²) in [6, 6.07) is 9.71. The molecule has 5 nitrogen and oxygen atoms in total. The van der Waals surface area contributed by atoms with Crippen LogP contribution in [0, 0.1) is 10.1 Å². The summed E-state index contributed by atoms with van der Waals surface area (Å²) in [7, 11) is 0. The lowest BCUT2D eigenvalue weighted by molar-refractivity contribution is -0.380. The average Bonchev–Trinajstić information content (AvgIpc) is 2.97. The van der Waals surface area contributed by atoms with Gasteiger partial charge in [0, 0.05) is 48.7 Å². The second-order valence-electron chi connectivity index (χ2n) is 5.26. The van der Waals surface area contributed by atoms with Crippen molar-refractivity contribution in [1.29, 1.82) is 0 Å². The van der Waals surface area contributed by atoms with E-state index in [1.54, 1.807) is 6.07 Å². The van der Waals surface area contributed by atoms with Crippen molar-refractivity contribution >= 4 is 40.3 Å². The molecule has 3 rings (SSSR count). The third-order valence-corrected chi connectivity index (χ3v) is 5.10. The lowest BCUT2D eigenvalue weighted by Crippen LogP contribution is -2.45. The van der Waals surface area contributed by atoms with Crippen LogP contribution in [0.1, 0.15) is 17.2 Å².